The Balaban J connectivity index is 2.57. The molecule has 0 aliphatic carbocycles. The summed E-state index contributed by atoms with van der Waals surface area (Å²) in [4.78, 5) is 14.9. The van der Waals surface area contributed by atoms with Crippen molar-refractivity contribution in [2.45, 2.75) is 0 Å². The van der Waals surface area contributed by atoms with Crippen LogP contribution in [0.4, 0.5) is 0 Å². The van der Waals surface area contributed by atoms with Gasteiger partial charge in [-0.05, 0) is 23.7 Å². The topological polar surface area (TPSA) is 73.8 Å². The van der Waals surface area contributed by atoms with Crippen LogP contribution in [-0.2, 0) is 0 Å². The molecule has 15 heavy (non-hydrogen) atoms. The van der Waals surface area contributed by atoms with Crippen molar-refractivity contribution in [3.8, 4) is 5.69 Å². The third kappa shape index (κ3) is 1.82. The molecule has 5 nitrogen and oxygen atoms in total. The Morgan fingerprint density at radius 1 is 1.40 bits per heavy atom. The van der Waals surface area contributed by atoms with Crippen LogP contribution in [0.15, 0.2) is 30.6 Å². The molecule has 0 bridgehead atoms. The van der Waals surface area contributed by atoms with E-state index >= 15 is 0 Å². The molecule has 0 unspecified atom stereocenters. The summed E-state index contributed by atoms with van der Waals surface area (Å²) in [6.07, 6.45) is 1.42. The third-order valence-corrected chi connectivity index (χ3v) is 2.05. The van der Waals surface area contributed by atoms with Gasteiger partial charge in [0.25, 0.3) is 5.91 Å². The van der Waals surface area contributed by atoms with Gasteiger partial charge in [-0.15, -0.1) is 5.10 Å². The molecule has 0 saturated carbocycles. The first-order chi connectivity index (χ1) is 7.18. The average molecular weight is 223 g/mol. The lowest BCUT2D eigenvalue weighted by atomic mass is 10.2. The van der Waals surface area contributed by atoms with Crippen molar-refractivity contribution in [1.29, 1.82) is 0 Å². The highest BCUT2D eigenvalue weighted by Gasteiger charge is 2.09. The molecule has 1 amide bonds. The molecule has 1 heterocycles. The monoisotopic (exact) mass is 222 g/mol. The number of carbonyl (C=O) groups is 1. The average Bonchev–Trinajstić information content (AvgIpc) is 2.65. The maximum atomic E-state index is 11.1. The minimum Gasteiger partial charge on any atom is -0.366 e. The molecule has 76 valence electrons. The second kappa shape index (κ2) is 3.70. The number of benzene rings is 1. The first-order valence-electron chi connectivity index (χ1n) is 4.15. The van der Waals surface area contributed by atoms with Gasteiger partial charge in [0.15, 0.2) is 0 Å². The molecule has 0 aliphatic heterocycles. The summed E-state index contributed by atoms with van der Waals surface area (Å²) in [7, 11) is 0. The van der Waals surface area contributed by atoms with Crippen molar-refractivity contribution in [1.82, 2.24) is 14.8 Å². The smallest absolute Gasteiger partial charge is 0.250 e. The number of halogens is 1. The Bertz CT molecular complexity index is 508. The Morgan fingerprint density at radius 3 is 2.73 bits per heavy atom. The Kier molecular flexibility index (Phi) is 2.39. The third-order valence-electron chi connectivity index (χ3n) is 1.88. The number of para-hydroxylation sites is 1. The van der Waals surface area contributed by atoms with Gasteiger partial charge in [-0.2, -0.15) is 0 Å². The molecule has 0 atom stereocenters. The minimum absolute atomic E-state index is 0.120. The zero-order valence-electron chi connectivity index (χ0n) is 7.59. The highest BCUT2D eigenvalue weighted by atomic mass is 35.5. The molecule has 0 radical (unpaired) electrons. The molecule has 0 spiro atoms. The number of hydrogen-bond donors (Lipinski definition) is 1. The van der Waals surface area contributed by atoms with Crippen LogP contribution in [0.25, 0.3) is 5.69 Å². The van der Waals surface area contributed by atoms with E-state index in [4.69, 9.17) is 17.3 Å². The van der Waals surface area contributed by atoms with Crippen LogP contribution >= 0.6 is 11.6 Å². The molecule has 1 aromatic heterocycles. The van der Waals surface area contributed by atoms with Crippen LogP contribution in [-0.4, -0.2) is 20.7 Å². The van der Waals surface area contributed by atoms with Gasteiger partial charge in [0, 0.05) is 0 Å². The Hall–Kier alpha value is -1.88. The molecule has 2 N–H and O–H groups in total. The van der Waals surface area contributed by atoms with Crippen LogP contribution in [0.2, 0.25) is 5.28 Å². The van der Waals surface area contributed by atoms with Gasteiger partial charge in [0.05, 0.1) is 11.3 Å². The maximum absolute atomic E-state index is 11.1. The Morgan fingerprint density at radius 2 is 2.13 bits per heavy atom. The normalized spacial score (nSPS) is 10.2. The van der Waals surface area contributed by atoms with Crippen molar-refractivity contribution in [2.24, 2.45) is 5.73 Å². The standard InChI is InChI=1S/C9H7ClN4O/c10-9-12-5-14(13-9)7-4-2-1-3-6(7)8(11)15/h1-5H,(H2,11,15). The summed E-state index contributed by atoms with van der Waals surface area (Å²) in [5.74, 6) is -0.516. The van der Waals surface area contributed by atoms with Crippen molar-refractivity contribution in [3.63, 3.8) is 0 Å². The fraction of sp³-hybridized carbons (Fsp3) is 0. The van der Waals surface area contributed by atoms with E-state index in [1.54, 1.807) is 24.3 Å². The lowest BCUT2D eigenvalue weighted by Crippen LogP contribution is -2.14. The number of rotatable bonds is 2. The number of aromatic nitrogens is 3. The van der Waals surface area contributed by atoms with Crippen LogP contribution in [0.1, 0.15) is 10.4 Å². The van der Waals surface area contributed by atoms with Gasteiger partial charge in [0.1, 0.15) is 6.33 Å². The SMILES string of the molecule is NC(=O)c1ccccc1-n1cnc(Cl)n1. The van der Waals surface area contributed by atoms with Crippen LogP contribution in [0.5, 0.6) is 0 Å². The first-order valence-corrected chi connectivity index (χ1v) is 4.52. The molecule has 0 fully saturated rings. The predicted molar refractivity (Wildman–Crippen MR) is 54.9 cm³/mol. The number of amides is 1. The maximum Gasteiger partial charge on any atom is 0.250 e. The molecular weight excluding hydrogens is 216 g/mol. The summed E-state index contributed by atoms with van der Waals surface area (Å²) in [6, 6.07) is 6.83. The zero-order valence-corrected chi connectivity index (χ0v) is 8.35. The summed E-state index contributed by atoms with van der Waals surface area (Å²) >= 11 is 5.58. The van der Waals surface area contributed by atoms with Gasteiger partial charge in [-0.1, -0.05) is 12.1 Å². The number of nitrogens with zero attached hydrogens (tertiary/aromatic N) is 3. The van der Waals surface area contributed by atoms with Crippen LogP contribution in [0, 0.1) is 0 Å². The lowest BCUT2D eigenvalue weighted by Gasteiger charge is -2.04. The number of nitrogens with two attached hydrogens (primary N) is 1. The van der Waals surface area contributed by atoms with Gasteiger partial charge in [-0.25, -0.2) is 9.67 Å². The first kappa shape index (κ1) is 9.67. The second-order valence-corrected chi connectivity index (χ2v) is 3.18. The number of primary amides is 1. The van der Waals surface area contributed by atoms with E-state index < -0.39 is 5.91 Å². The van der Waals surface area contributed by atoms with E-state index in [1.165, 1.54) is 11.0 Å². The molecule has 2 aromatic rings. The zero-order chi connectivity index (χ0) is 10.8. The van der Waals surface area contributed by atoms with E-state index in [1.807, 2.05) is 0 Å². The minimum atomic E-state index is -0.516. The second-order valence-electron chi connectivity index (χ2n) is 2.84. The molecule has 6 heteroatoms. The molecule has 2 rings (SSSR count). The summed E-state index contributed by atoms with van der Waals surface area (Å²) in [5.41, 5.74) is 6.16. The van der Waals surface area contributed by atoms with Crippen LogP contribution in [0.3, 0.4) is 0 Å². The number of hydrogen-bond acceptors (Lipinski definition) is 3. The lowest BCUT2D eigenvalue weighted by molar-refractivity contribution is 0.1000. The van der Waals surface area contributed by atoms with E-state index in [2.05, 4.69) is 10.1 Å². The predicted octanol–water partition coefficient (Wildman–Crippen LogP) is 1.02. The molecule has 0 aliphatic rings. The highest BCUT2D eigenvalue weighted by Crippen LogP contribution is 2.13. The van der Waals surface area contributed by atoms with Gasteiger partial charge in [-0.3, -0.25) is 4.79 Å². The Labute approximate surface area is 90.5 Å². The van der Waals surface area contributed by atoms with E-state index in [9.17, 15) is 4.79 Å². The van der Waals surface area contributed by atoms with Gasteiger partial charge < -0.3 is 5.73 Å². The van der Waals surface area contributed by atoms with Crippen molar-refractivity contribution in [3.05, 3.63) is 41.4 Å². The summed E-state index contributed by atoms with van der Waals surface area (Å²) < 4.78 is 1.41. The summed E-state index contributed by atoms with van der Waals surface area (Å²) in [6.45, 7) is 0. The highest BCUT2D eigenvalue weighted by molar-refractivity contribution is 6.28. The van der Waals surface area contributed by atoms with Gasteiger partial charge >= 0.3 is 0 Å². The molecule has 1 aromatic carbocycles. The molecule has 0 saturated heterocycles. The fourth-order valence-corrected chi connectivity index (χ4v) is 1.37. The van der Waals surface area contributed by atoms with Gasteiger partial charge in [0.2, 0.25) is 5.28 Å². The fourth-order valence-electron chi connectivity index (χ4n) is 1.24. The quantitative estimate of drug-likeness (QED) is 0.825. The number of carbonyl (C=O) groups excluding carboxylic acids is 1. The van der Waals surface area contributed by atoms with Crippen molar-refractivity contribution >= 4 is 17.5 Å². The largest absolute Gasteiger partial charge is 0.366 e. The van der Waals surface area contributed by atoms with E-state index in [0.717, 1.165) is 0 Å². The molecular formula is C9H7ClN4O. The van der Waals surface area contributed by atoms with E-state index in [0.29, 0.717) is 11.3 Å². The van der Waals surface area contributed by atoms with Crippen molar-refractivity contribution in [2.75, 3.05) is 0 Å². The van der Waals surface area contributed by atoms with E-state index in [-0.39, 0.29) is 5.28 Å². The summed E-state index contributed by atoms with van der Waals surface area (Å²) in [5, 5.41) is 4.01. The van der Waals surface area contributed by atoms with Crippen molar-refractivity contribution < 1.29 is 4.79 Å². The van der Waals surface area contributed by atoms with Crippen LogP contribution < -0.4 is 5.73 Å².